The Bertz CT molecular complexity index is 614. The fourth-order valence-corrected chi connectivity index (χ4v) is 2.20. The van der Waals surface area contributed by atoms with Gasteiger partial charge in [-0.05, 0) is 43.0 Å². The van der Waals surface area contributed by atoms with Gasteiger partial charge < -0.3 is 4.98 Å². The van der Waals surface area contributed by atoms with Gasteiger partial charge in [0, 0.05) is 12.1 Å². The average Bonchev–Trinajstić information content (AvgIpc) is 2.33. The highest BCUT2D eigenvalue weighted by Gasteiger charge is 2.02. The molecule has 2 rings (SSSR count). The second kappa shape index (κ2) is 5.44. The molecule has 0 saturated heterocycles. The highest BCUT2D eigenvalue weighted by atomic mass is 32.1. The molecule has 1 aromatic carbocycles. The molecule has 3 heteroatoms. The van der Waals surface area contributed by atoms with E-state index in [4.69, 9.17) is 12.2 Å². The number of hydrogen-bond donors (Lipinski definition) is 1. The van der Waals surface area contributed by atoms with Crippen LogP contribution in [0, 0.1) is 18.5 Å². The monoisotopic (exact) mass is 258 g/mol. The Balaban J connectivity index is 2.30. The summed E-state index contributed by atoms with van der Waals surface area (Å²) in [7, 11) is 0. The molecule has 2 nitrogen and oxygen atoms in total. The zero-order valence-electron chi connectivity index (χ0n) is 11.1. The summed E-state index contributed by atoms with van der Waals surface area (Å²) in [5.74, 6) is 0.947. The third-order valence-electron chi connectivity index (χ3n) is 3.17. The van der Waals surface area contributed by atoms with E-state index in [1.807, 2.05) is 6.07 Å². The van der Waals surface area contributed by atoms with E-state index in [0.717, 1.165) is 24.4 Å². The molecule has 0 bridgehead atoms. The summed E-state index contributed by atoms with van der Waals surface area (Å²) in [4.78, 5) is 7.73. The third kappa shape index (κ3) is 3.05. The number of benzene rings is 1. The van der Waals surface area contributed by atoms with Crippen LogP contribution in [0.3, 0.4) is 0 Å². The Morgan fingerprint density at radius 1 is 1.17 bits per heavy atom. The molecule has 0 unspecified atom stereocenters. The molecular weight excluding hydrogens is 240 g/mol. The second-order valence-electron chi connectivity index (χ2n) is 4.64. The summed E-state index contributed by atoms with van der Waals surface area (Å²) in [5, 5.41) is 0. The van der Waals surface area contributed by atoms with E-state index in [9.17, 15) is 0 Å². The van der Waals surface area contributed by atoms with Gasteiger partial charge in [0.15, 0.2) is 0 Å². The van der Waals surface area contributed by atoms with Gasteiger partial charge in [-0.2, -0.15) is 0 Å². The zero-order chi connectivity index (χ0) is 13.1. The van der Waals surface area contributed by atoms with Crippen molar-refractivity contribution in [1.82, 2.24) is 9.97 Å². The molecule has 0 saturated carbocycles. The topological polar surface area (TPSA) is 28.7 Å². The first kappa shape index (κ1) is 13.0. The standard InChI is InChI=1S/C15H18N2S/c1-4-13-9-15(18)17-14(16-13)8-12-6-5-10(2)11(3)7-12/h5-7,9H,4,8H2,1-3H3,(H,16,17,18). The van der Waals surface area contributed by atoms with Crippen LogP contribution in [0.4, 0.5) is 0 Å². The average molecular weight is 258 g/mol. The van der Waals surface area contributed by atoms with Gasteiger partial charge in [-0.1, -0.05) is 37.3 Å². The van der Waals surface area contributed by atoms with Crippen LogP contribution in [0.1, 0.15) is 35.1 Å². The predicted octanol–water partition coefficient (Wildman–Crippen LogP) is 3.91. The van der Waals surface area contributed by atoms with Crippen molar-refractivity contribution in [3.05, 3.63) is 57.1 Å². The molecule has 94 valence electrons. The lowest BCUT2D eigenvalue weighted by atomic mass is 10.0. The van der Waals surface area contributed by atoms with Crippen LogP contribution in [0.15, 0.2) is 24.3 Å². The van der Waals surface area contributed by atoms with Crippen LogP contribution in [-0.4, -0.2) is 9.97 Å². The molecule has 0 aliphatic rings. The molecule has 1 N–H and O–H groups in total. The van der Waals surface area contributed by atoms with Crippen molar-refractivity contribution < 1.29 is 0 Å². The van der Waals surface area contributed by atoms with Crippen molar-refractivity contribution in [2.75, 3.05) is 0 Å². The molecule has 1 aromatic heterocycles. The minimum atomic E-state index is 0.671. The van der Waals surface area contributed by atoms with Gasteiger partial charge in [-0.15, -0.1) is 0 Å². The maximum Gasteiger partial charge on any atom is 0.130 e. The first-order valence-electron chi connectivity index (χ1n) is 6.23. The van der Waals surface area contributed by atoms with Crippen LogP contribution in [0.25, 0.3) is 0 Å². The summed E-state index contributed by atoms with van der Waals surface area (Å²) in [6.07, 6.45) is 1.75. The quantitative estimate of drug-likeness (QED) is 0.846. The minimum absolute atomic E-state index is 0.671. The molecule has 0 spiro atoms. The van der Waals surface area contributed by atoms with Gasteiger partial charge in [-0.25, -0.2) is 4.98 Å². The summed E-state index contributed by atoms with van der Waals surface area (Å²) in [5.41, 5.74) is 5.05. The SMILES string of the molecule is CCc1cc(=S)nc(Cc2ccc(C)c(C)c2)[nH]1. The Kier molecular flexibility index (Phi) is 3.92. The van der Waals surface area contributed by atoms with Gasteiger partial charge in [0.05, 0.1) is 0 Å². The zero-order valence-corrected chi connectivity index (χ0v) is 11.9. The van der Waals surface area contributed by atoms with Crippen molar-refractivity contribution in [3.63, 3.8) is 0 Å². The lowest BCUT2D eigenvalue weighted by Gasteiger charge is -2.07. The van der Waals surface area contributed by atoms with E-state index in [0.29, 0.717) is 4.64 Å². The number of rotatable bonds is 3. The molecule has 0 fully saturated rings. The van der Waals surface area contributed by atoms with Crippen molar-refractivity contribution in [2.45, 2.75) is 33.6 Å². The lowest BCUT2D eigenvalue weighted by Crippen LogP contribution is -2.00. The van der Waals surface area contributed by atoms with Gasteiger partial charge in [0.1, 0.15) is 10.5 Å². The van der Waals surface area contributed by atoms with E-state index < -0.39 is 0 Å². The normalized spacial score (nSPS) is 10.6. The highest BCUT2D eigenvalue weighted by Crippen LogP contribution is 2.12. The first-order chi connectivity index (χ1) is 8.58. The van der Waals surface area contributed by atoms with E-state index in [2.05, 4.69) is 48.9 Å². The molecule has 2 aromatic rings. The van der Waals surface area contributed by atoms with Crippen molar-refractivity contribution in [3.8, 4) is 0 Å². The fourth-order valence-electron chi connectivity index (χ4n) is 1.94. The number of hydrogen-bond acceptors (Lipinski definition) is 2. The summed E-state index contributed by atoms with van der Waals surface area (Å²) >= 11 is 5.19. The molecule has 0 aliphatic heterocycles. The number of H-pyrrole nitrogens is 1. The summed E-state index contributed by atoms with van der Waals surface area (Å²) in [6.45, 7) is 6.37. The molecular formula is C15H18N2S. The van der Waals surface area contributed by atoms with E-state index >= 15 is 0 Å². The van der Waals surface area contributed by atoms with Crippen LogP contribution in [0.5, 0.6) is 0 Å². The smallest absolute Gasteiger partial charge is 0.130 e. The maximum atomic E-state index is 5.19. The molecule has 0 atom stereocenters. The highest BCUT2D eigenvalue weighted by molar-refractivity contribution is 7.71. The number of aryl methyl sites for hydroxylation is 3. The maximum absolute atomic E-state index is 5.19. The van der Waals surface area contributed by atoms with E-state index in [-0.39, 0.29) is 0 Å². The van der Waals surface area contributed by atoms with E-state index in [1.54, 1.807) is 0 Å². The van der Waals surface area contributed by atoms with E-state index in [1.165, 1.54) is 16.7 Å². The second-order valence-corrected chi connectivity index (χ2v) is 5.06. The van der Waals surface area contributed by atoms with Crippen LogP contribution >= 0.6 is 12.2 Å². The fraction of sp³-hybridized carbons (Fsp3) is 0.333. The number of nitrogens with zero attached hydrogens (tertiary/aromatic N) is 1. The summed E-state index contributed by atoms with van der Waals surface area (Å²) < 4.78 is 0.671. The molecule has 1 heterocycles. The lowest BCUT2D eigenvalue weighted by molar-refractivity contribution is 0.898. The number of nitrogens with one attached hydrogen (secondary N) is 1. The number of aromatic amines is 1. The van der Waals surface area contributed by atoms with Gasteiger partial charge in [0.2, 0.25) is 0 Å². The molecule has 0 radical (unpaired) electrons. The van der Waals surface area contributed by atoms with Crippen LogP contribution in [-0.2, 0) is 12.8 Å². The summed E-state index contributed by atoms with van der Waals surface area (Å²) in [6, 6.07) is 8.45. The van der Waals surface area contributed by atoms with Crippen molar-refractivity contribution >= 4 is 12.2 Å². The Morgan fingerprint density at radius 3 is 2.61 bits per heavy atom. The van der Waals surface area contributed by atoms with Gasteiger partial charge >= 0.3 is 0 Å². The minimum Gasteiger partial charge on any atom is -0.347 e. The first-order valence-corrected chi connectivity index (χ1v) is 6.64. The Labute approximate surface area is 113 Å². The molecule has 18 heavy (non-hydrogen) atoms. The molecule has 0 amide bonds. The largest absolute Gasteiger partial charge is 0.347 e. The van der Waals surface area contributed by atoms with Gasteiger partial charge in [-0.3, -0.25) is 0 Å². The van der Waals surface area contributed by atoms with Crippen LogP contribution < -0.4 is 0 Å². The Morgan fingerprint density at radius 2 is 1.94 bits per heavy atom. The third-order valence-corrected chi connectivity index (χ3v) is 3.38. The predicted molar refractivity (Wildman–Crippen MR) is 77.5 cm³/mol. The van der Waals surface area contributed by atoms with Crippen molar-refractivity contribution in [2.24, 2.45) is 0 Å². The number of aromatic nitrogens is 2. The van der Waals surface area contributed by atoms with Crippen LogP contribution in [0.2, 0.25) is 0 Å². The Hall–Kier alpha value is -1.48. The van der Waals surface area contributed by atoms with Crippen molar-refractivity contribution in [1.29, 1.82) is 0 Å². The van der Waals surface area contributed by atoms with Gasteiger partial charge in [0.25, 0.3) is 0 Å². The molecule has 0 aliphatic carbocycles.